The zero-order valence-electron chi connectivity index (χ0n) is 8.11. The van der Waals surface area contributed by atoms with E-state index in [-0.39, 0.29) is 6.10 Å². The molecule has 1 fully saturated rings. The smallest absolute Gasteiger partial charge is 0.146 e. The molecule has 1 N–H and O–H groups in total. The van der Waals surface area contributed by atoms with Crippen molar-refractivity contribution in [2.75, 3.05) is 20.0 Å². The molecule has 0 amide bonds. The van der Waals surface area contributed by atoms with Crippen LogP contribution in [0.2, 0.25) is 0 Å². The lowest BCUT2D eigenvalue weighted by molar-refractivity contribution is -0.124. The van der Waals surface area contributed by atoms with Crippen LogP contribution in [0.3, 0.4) is 0 Å². The molecular formula is C10H18O3. The topological polar surface area (TPSA) is 38.7 Å². The third kappa shape index (κ3) is 4.41. The van der Waals surface area contributed by atoms with Gasteiger partial charge in [0.25, 0.3) is 0 Å². The minimum absolute atomic E-state index is 0.301. The number of hydrogen-bond acceptors (Lipinski definition) is 3. The molecule has 0 aromatic heterocycles. The van der Waals surface area contributed by atoms with Gasteiger partial charge in [-0.25, -0.2) is 0 Å². The standard InChI is InChI=1S/C10H18O3/c1-2-10(11)5-3-4-9-6-12-8-13-7-9/h3,5,9-11H,2,4,6-8H2,1H3. The minimum atomic E-state index is -0.301. The first-order valence-corrected chi connectivity index (χ1v) is 4.83. The molecule has 3 nitrogen and oxygen atoms in total. The quantitative estimate of drug-likeness (QED) is 0.673. The molecule has 1 heterocycles. The summed E-state index contributed by atoms with van der Waals surface area (Å²) in [6.07, 6.45) is 5.25. The monoisotopic (exact) mass is 186 g/mol. The Hall–Kier alpha value is -0.380. The van der Waals surface area contributed by atoms with Crippen LogP contribution < -0.4 is 0 Å². The highest BCUT2D eigenvalue weighted by atomic mass is 16.7. The second-order valence-corrected chi connectivity index (χ2v) is 3.36. The SMILES string of the molecule is CCC(O)C=CCC1COCOC1. The van der Waals surface area contributed by atoms with E-state index in [9.17, 15) is 5.11 Å². The highest BCUT2D eigenvalue weighted by Gasteiger charge is 2.12. The predicted molar refractivity (Wildman–Crippen MR) is 50.3 cm³/mol. The Morgan fingerprint density at radius 1 is 1.46 bits per heavy atom. The van der Waals surface area contributed by atoms with Crippen molar-refractivity contribution in [2.45, 2.75) is 25.9 Å². The lowest BCUT2D eigenvalue weighted by atomic mass is 10.1. The third-order valence-corrected chi connectivity index (χ3v) is 2.12. The average Bonchev–Trinajstić information content (AvgIpc) is 2.19. The molecule has 76 valence electrons. The number of aliphatic hydroxyl groups is 1. The molecule has 0 spiro atoms. The molecular weight excluding hydrogens is 168 g/mol. The molecule has 1 saturated heterocycles. The van der Waals surface area contributed by atoms with E-state index in [4.69, 9.17) is 9.47 Å². The van der Waals surface area contributed by atoms with Gasteiger partial charge in [0.2, 0.25) is 0 Å². The second-order valence-electron chi connectivity index (χ2n) is 3.36. The lowest BCUT2D eigenvalue weighted by Gasteiger charge is -2.20. The largest absolute Gasteiger partial charge is 0.389 e. The van der Waals surface area contributed by atoms with Crippen molar-refractivity contribution in [3.05, 3.63) is 12.2 Å². The van der Waals surface area contributed by atoms with Crippen LogP contribution in [0.4, 0.5) is 0 Å². The molecule has 1 atom stereocenters. The second kappa shape index (κ2) is 6.13. The summed E-state index contributed by atoms with van der Waals surface area (Å²) in [5, 5.41) is 9.24. The van der Waals surface area contributed by atoms with Gasteiger partial charge in [-0.05, 0) is 12.8 Å². The Morgan fingerprint density at radius 3 is 2.77 bits per heavy atom. The van der Waals surface area contributed by atoms with E-state index in [0.29, 0.717) is 12.7 Å². The van der Waals surface area contributed by atoms with E-state index in [1.165, 1.54) is 0 Å². The highest BCUT2D eigenvalue weighted by Crippen LogP contribution is 2.10. The summed E-state index contributed by atoms with van der Waals surface area (Å²) in [5.41, 5.74) is 0. The van der Waals surface area contributed by atoms with Crippen LogP contribution in [-0.2, 0) is 9.47 Å². The Balaban J connectivity index is 2.13. The predicted octanol–water partition coefficient (Wildman–Crippen LogP) is 1.32. The summed E-state index contributed by atoms with van der Waals surface area (Å²) in [6.45, 7) is 3.93. The fraction of sp³-hybridized carbons (Fsp3) is 0.800. The van der Waals surface area contributed by atoms with Gasteiger partial charge in [0.1, 0.15) is 6.79 Å². The van der Waals surface area contributed by atoms with Gasteiger partial charge in [-0.15, -0.1) is 0 Å². The first-order chi connectivity index (χ1) is 6.33. The highest BCUT2D eigenvalue weighted by molar-refractivity contribution is 4.89. The van der Waals surface area contributed by atoms with Crippen LogP contribution in [0.1, 0.15) is 19.8 Å². The molecule has 13 heavy (non-hydrogen) atoms. The van der Waals surface area contributed by atoms with E-state index >= 15 is 0 Å². The number of rotatable bonds is 4. The van der Waals surface area contributed by atoms with Crippen LogP contribution in [0.5, 0.6) is 0 Å². The van der Waals surface area contributed by atoms with Crippen molar-refractivity contribution in [1.29, 1.82) is 0 Å². The van der Waals surface area contributed by atoms with Crippen LogP contribution in [0.15, 0.2) is 12.2 Å². The Morgan fingerprint density at radius 2 is 2.15 bits per heavy atom. The first-order valence-electron chi connectivity index (χ1n) is 4.83. The molecule has 0 bridgehead atoms. The van der Waals surface area contributed by atoms with Gasteiger partial charge in [0.05, 0.1) is 19.3 Å². The number of ether oxygens (including phenoxy) is 2. The molecule has 0 aromatic carbocycles. The summed E-state index contributed by atoms with van der Waals surface area (Å²) >= 11 is 0. The zero-order valence-corrected chi connectivity index (χ0v) is 8.11. The Kier molecular flexibility index (Phi) is 5.05. The van der Waals surface area contributed by atoms with Gasteiger partial charge >= 0.3 is 0 Å². The molecule has 0 radical (unpaired) electrons. The zero-order chi connectivity index (χ0) is 9.52. The van der Waals surface area contributed by atoms with E-state index in [0.717, 1.165) is 26.1 Å². The summed E-state index contributed by atoms with van der Waals surface area (Å²) in [5.74, 6) is 0.453. The molecule has 1 aliphatic heterocycles. The van der Waals surface area contributed by atoms with Crippen molar-refractivity contribution < 1.29 is 14.6 Å². The van der Waals surface area contributed by atoms with Crippen LogP contribution >= 0.6 is 0 Å². The maximum absolute atomic E-state index is 9.24. The van der Waals surface area contributed by atoms with E-state index in [1.807, 2.05) is 19.1 Å². The van der Waals surface area contributed by atoms with Crippen LogP contribution in [-0.4, -0.2) is 31.2 Å². The molecule has 1 unspecified atom stereocenters. The van der Waals surface area contributed by atoms with Gasteiger partial charge in [-0.3, -0.25) is 0 Å². The van der Waals surface area contributed by atoms with Crippen molar-refractivity contribution in [1.82, 2.24) is 0 Å². The van der Waals surface area contributed by atoms with Gasteiger partial charge in [0, 0.05) is 5.92 Å². The fourth-order valence-electron chi connectivity index (χ4n) is 1.24. The maximum atomic E-state index is 9.24. The summed E-state index contributed by atoms with van der Waals surface area (Å²) < 4.78 is 10.3. The van der Waals surface area contributed by atoms with E-state index < -0.39 is 0 Å². The Labute approximate surface area is 79.3 Å². The van der Waals surface area contributed by atoms with E-state index in [2.05, 4.69) is 0 Å². The molecule has 0 aliphatic carbocycles. The van der Waals surface area contributed by atoms with Crippen molar-refractivity contribution >= 4 is 0 Å². The van der Waals surface area contributed by atoms with Gasteiger partial charge in [0.15, 0.2) is 0 Å². The summed E-state index contributed by atoms with van der Waals surface area (Å²) in [7, 11) is 0. The Bertz CT molecular complexity index is 150. The van der Waals surface area contributed by atoms with E-state index in [1.54, 1.807) is 0 Å². The maximum Gasteiger partial charge on any atom is 0.146 e. The number of allylic oxidation sites excluding steroid dienone is 1. The average molecular weight is 186 g/mol. The molecule has 1 rings (SSSR count). The normalized spacial score (nSPS) is 22.3. The summed E-state index contributed by atoms with van der Waals surface area (Å²) in [6, 6.07) is 0. The van der Waals surface area contributed by atoms with Gasteiger partial charge in [-0.2, -0.15) is 0 Å². The van der Waals surface area contributed by atoms with Crippen molar-refractivity contribution in [3.63, 3.8) is 0 Å². The first kappa shape index (κ1) is 10.7. The van der Waals surface area contributed by atoms with Gasteiger partial charge < -0.3 is 14.6 Å². The molecule has 3 heteroatoms. The molecule has 0 saturated carbocycles. The minimum Gasteiger partial charge on any atom is -0.389 e. The number of aliphatic hydroxyl groups excluding tert-OH is 1. The molecule has 0 aromatic rings. The number of hydrogen-bond donors (Lipinski definition) is 1. The van der Waals surface area contributed by atoms with Crippen molar-refractivity contribution in [2.24, 2.45) is 5.92 Å². The molecule has 1 aliphatic rings. The lowest BCUT2D eigenvalue weighted by Crippen LogP contribution is -2.23. The van der Waals surface area contributed by atoms with Crippen molar-refractivity contribution in [3.8, 4) is 0 Å². The summed E-state index contributed by atoms with van der Waals surface area (Å²) in [4.78, 5) is 0. The third-order valence-electron chi connectivity index (χ3n) is 2.12. The van der Waals surface area contributed by atoms with Crippen LogP contribution in [0.25, 0.3) is 0 Å². The fourth-order valence-corrected chi connectivity index (χ4v) is 1.24. The van der Waals surface area contributed by atoms with Gasteiger partial charge in [-0.1, -0.05) is 19.1 Å². The van der Waals surface area contributed by atoms with Crippen LogP contribution in [0, 0.1) is 5.92 Å².